The van der Waals surface area contributed by atoms with E-state index in [1.807, 2.05) is 6.92 Å². The van der Waals surface area contributed by atoms with Gasteiger partial charge in [0.1, 0.15) is 5.15 Å². The first-order valence-electron chi connectivity index (χ1n) is 5.68. The van der Waals surface area contributed by atoms with E-state index in [-0.39, 0.29) is 17.8 Å². The van der Waals surface area contributed by atoms with Crippen LogP contribution in [0.4, 0.5) is 5.95 Å². The van der Waals surface area contributed by atoms with Gasteiger partial charge in [0.15, 0.2) is 0 Å². The number of rotatable bonds is 2. The van der Waals surface area contributed by atoms with Crippen LogP contribution in [0.2, 0.25) is 5.15 Å². The molecule has 1 unspecified atom stereocenters. The fraction of sp³-hybridized carbons (Fsp3) is 0.545. The number of amides is 1. The van der Waals surface area contributed by atoms with Gasteiger partial charge in [-0.25, -0.2) is 9.97 Å². The van der Waals surface area contributed by atoms with Gasteiger partial charge in [-0.2, -0.15) is 0 Å². The number of aryl methyl sites for hydroxylation is 1. The van der Waals surface area contributed by atoms with Gasteiger partial charge in [-0.15, -0.1) is 0 Å². The Hall–Kier alpha value is -1.20. The zero-order valence-corrected chi connectivity index (χ0v) is 10.4. The first-order valence-corrected chi connectivity index (χ1v) is 6.06. The summed E-state index contributed by atoms with van der Waals surface area (Å²) in [4.78, 5) is 20.0. The molecule has 1 saturated heterocycles. The number of piperidine rings is 1. The standard InChI is InChI=1S/C11H15ClN4O/c1-7-5-9(12)15-11(14-7)16-10(17)8-3-2-4-13-6-8/h5,8,13H,2-4,6H2,1H3,(H,14,15,16,17). The topological polar surface area (TPSA) is 66.9 Å². The van der Waals surface area contributed by atoms with E-state index in [1.165, 1.54) is 0 Å². The predicted octanol–water partition coefficient (Wildman–Crippen LogP) is 1.38. The summed E-state index contributed by atoms with van der Waals surface area (Å²) < 4.78 is 0. The van der Waals surface area contributed by atoms with Gasteiger partial charge in [0.2, 0.25) is 11.9 Å². The molecule has 0 aromatic carbocycles. The van der Waals surface area contributed by atoms with Crippen molar-refractivity contribution < 1.29 is 4.79 Å². The molecule has 1 amide bonds. The molecule has 6 heteroatoms. The van der Waals surface area contributed by atoms with Gasteiger partial charge >= 0.3 is 0 Å². The van der Waals surface area contributed by atoms with Crippen LogP contribution in [0.5, 0.6) is 0 Å². The third-order valence-corrected chi connectivity index (χ3v) is 2.92. The average Bonchev–Trinajstić information content (AvgIpc) is 2.28. The number of halogens is 1. The zero-order chi connectivity index (χ0) is 12.3. The molecule has 1 aliphatic heterocycles. The highest BCUT2D eigenvalue weighted by Crippen LogP contribution is 2.14. The Balaban J connectivity index is 2.01. The van der Waals surface area contributed by atoms with Gasteiger partial charge in [-0.1, -0.05) is 11.6 Å². The fourth-order valence-electron chi connectivity index (χ4n) is 1.87. The van der Waals surface area contributed by atoms with Crippen molar-refractivity contribution in [3.8, 4) is 0 Å². The maximum Gasteiger partial charge on any atom is 0.231 e. The van der Waals surface area contributed by atoms with Crippen molar-refractivity contribution >= 4 is 23.5 Å². The molecular formula is C11H15ClN4O. The Bertz CT molecular complexity index is 398. The summed E-state index contributed by atoms with van der Waals surface area (Å²) >= 11 is 5.80. The molecule has 2 N–H and O–H groups in total. The molecule has 0 saturated carbocycles. The lowest BCUT2D eigenvalue weighted by Crippen LogP contribution is -2.37. The number of nitrogens with one attached hydrogen (secondary N) is 2. The third kappa shape index (κ3) is 3.38. The number of nitrogens with zero attached hydrogens (tertiary/aromatic N) is 2. The van der Waals surface area contributed by atoms with E-state index in [0.717, 1.165) is 25.1 Å². The van der Waals surface area contributed by atoms with Gasteiger partial charge < -0.3 is 5.32 Å². The van der Waals surface area contributed by atoms with Crippen LogP contribution in [0, 0.1) is 12.8 Å². The van der Waals surface area contributed by atoms with E-state index in [4.69, 9.17) is 11.6 Å². The smallest absolute Gasteiger partial charge is 0.231 e. The summed E-state index contributed by atoms with van der Waals surface area (Å²) in [5.74, 6) is 0.232. The summed E-state index contributed by atoms with van der Waals surface area (Å²) in [7, 11) is 0. The van der Waals surface area contributed by atoms with E-state index < -0.39 is 0 Å². The number of hydrogen-bond donors (Lipinski definition) is 2. The molecule has 5 nitrogen and oxygen atoms in total. The second-order valence-electron chi connectivity index (χ2n) is 4.19. The lowest BCUT2D eigenvalue weighted by molar-refractivity contribution is -0.120. The highest BCUT2D eigenvalue weighted by atomic mass is 35.5. The van der Waals surface area contributed by atoms with Gasteiger partial charge in [0, 0.05) is 12.2 Å². The molecule has 0 radical (unpaired) electrons. The lowest BCUT2D eigenvalue weighted by atomic mass is 9.99. The largest absolute Gasteiger partial charge is 0.316 e. The van der Waals surface area contributed by atoms with Gasteiger partial charge in [-0.3, -0.25) is 10.1 Å². The molecule has 1 aliphatic rings. The molecule has 1 fully saturated rings. The van der Waals surface area contributed by atoms with E-state index in [9.17, 15) is 4.79 Å². The number of aromatic nitrogens is 2. The normalized spacial score (nSPS) is 20.0. The Morgan fingerprint density at radius 3 is 3.06 bits per heavy atom. The molecule has 1 aromatic rings. The van der Waals surface area contributed by atoms with E-state index in [2.05, 4.69) is 20.6 Å². The Morgan fingerprint density at radius 2 is 2.41 bits per heavy atom. The number of carbonyl (C=O) groups excluding carboxylic acids is 1. The van der Waals surface area contributed by atoms with Crippen LogP contribution >= 0.6 is 11.6 Å². The van der Waals surface area contributed by atoms with Crippen LogP contribution in [0.25, 0.3) is 0 Å². The van der Waals surface area contributed by atoms with Crippen LogP contribution in [-0.2, 0) is 4.79 Å². The summed E-state index contributed by atoms with van der Waals surface area (Å²) in [6.07, 6.45) is 1.92. The summed E-state index contributed by atoms with van der Waals surface area (Å²) in [5, 5.41) is 6.25. The van der Waals surface area contributed by atoms with Crippen molar-refractivity contribution in [3.05, 3.63) is 16.9 Å². The minimum atomic E-state index is -0.0427. The predicted molar refractivity (Wildman–Crippen MR) is 66.0 cm³/mol. The maximum atomic E-state index is 11.9. The molecule has 92 valence electrons. The SMILES string of the molecule is Cc1cc(Cl)nc(NC(=O)C2CCCNC2)n1. The molecular weight excluding hydrogens is 240 g/mol. The maximum absolute atomic E-state index is 11.9. The minimum absolute atomic E-state index is 0.00774. The van der Waals surface area contributed by atoms with E-state index in [1.54, 1.807) is 6.07 Å². The first-order chi connectivity index (χ1) is 8.15. The van der Waals surface area contributed by atoms with Crippen LogP contribution in [-0.4, -0.2) is 29.0 Å². The lowest BCUT2D eigenvalue weighted by Gasteiger charge is -2.21. The van der Waals surface area contributed by atoms with Crippen LogP contribution in [0.1, 0.15) is 18.5 Å². The molecule has 0 bridgehead atoms. The quantitative estimate of drug-likeness (QED) is 0.783. The van der Waals surface area contributed by atoms with E-state index >= 15 is 0 Å². The molecule has 2 heterocycles. The van der Waals surface area contributed by atoms with Crippen molar-refractivity contribution in [1.82, 2.24) is 15.3 Å². The van der Waals surface area contributed by atoms with Crippen LogP contribution < -0.4 is 10.6 Å². The summed E-state index contributed by atoms with van der Waals surface area (Å²) in [6, 6.07) is 1.65. The highest BCUT2D eigenvalue weighted by Gasteiger charge is 2.21. The monoisotopic (exact) mass is 254 g/mol. The van der Waals surface area contributed by atoms with Crippen molar-refractivity contribution in [3.63, 3.8) is 0 Å². The number of anilines is 1. The van der Waals surface area contributed by atoms with E-state index in [0.29, 0.717) is 11.7 Å². The average molecular weight is 255 g/mol. The summed E-state index contributed by atoms with van der Waals surface area (Å²) in [5.41, 5.74) is 0.738. The van der Waals surface area contributed by atoms with Crippen molar-refractivity contribution in [2.75, 3.05) is 18.4 Å². The van der Waals surface area contributed by atoms with Crippen molar-refractivity contribution in [2.24, 2.45) is 5.92 Å². The molecule has 1 aromatic heterocycles. The zero-order valence-electron chi connectivity index (χ0n) is 9.66. The van der Waals surface area contributed by atoms with Crippen molar-refractivity contribution in [1.29, 1.82) is 0 Å². The third-order valence-electron chi connectivity index (χ3n) is 2.73. The molecule has 2 rings (SSSR count). The highest BCUT2D eigenvalue weighted by molar-refractivity contribution is 6.29. The Morgan fingerprint density at radius 1 is 1.59 bits per heavy atom. The fourth-order valence-corrected chi connectivity index (χ4v) is 2.11. The number of carbonyl (C=O) groups is 1. The number of hydrogen-bond acceptors (Lipinski definition) is 4. The second-order valence-corrected chi connectivity index (χ2v) is 4.58. The Labute approximate surface area is 105 Å². The van der Waals surface area contributed by atoms with Gasteiger partial charge in [0.05, 0.1) is 5.92 Å². The Kier molecular flexibility index (Phi) is 3.91. The molecule has 1 atom stereocenters. The molecule has 17 heavy (non-hydrogen) atoms. The molecule has 0 aliphatic carbocycles. The van der Waals surface area contributed by atoms with Crippen molar-refractivity contribution in [2.45, 2.75) is 19.8 Å². The second kappa shape index (κ2) is 5.42. The minimum Gasteiger partial charge on any atom is -0.316 e. The molecule has 0 spiro atoms. The van der Waals surface area contributed by atoms with Gasteiger partial charge in [-0.05, 0) is 32.4 Å². The van der Waals surface area contributed by atoms with Crippen LogP contribution in [0.3, 0.4) is 0 Å². The van der Waals surface area contributed by atoms with Crippen LogP contribution in [0.15, 0.2) is 6.07 Å². The first kappa shape index (κ1) is 12.3. The van der Waals surface area contributed by atoms with Gasteiger partial charge in [0.25, 0.3) is 0 Å². The summed E-state index contributed by atoms with van der Waals surface area (Å²) in [6.45, 7) is 3.51.